The summed E-state index contributed by atoms with van der Waals surface area (Å²) in [6.07, 6.45) is 9.33. The third-order valence-electron chi connectivity index (χ3n) is 13.3. The third kappa shape index (κ3) is 4.28. The predicted molar refractivity (Wildman–Crippen MR) is 150 cm³/mol. The Morgan fingerprint density at radius 2 is 1.90 bits per heavy atom. The summed E-state index contributed by atoms with van der Waals surface area (Å²) in [7, 11) is 0. The second-order valence-corrected chi connectivity index (χ2v) is 15.4. The number of ether oxygens (including phenoxy) is 3. The van der Waals surface area contributed by atoms with E-state index in [1.165, 1.54) is 24.8 Å². The minimum Gasteiger partial charge on any atom is -0.481 e. The Balaban J connectivity index is 1.15. The van der Waals surface area contributed by atoms with E-state index in [0.29, 0.717) is 48.3 Å². The van der Waals surface area contributed by atoms with Gasteiger partial charge in [-0.3, -0.25) is 4.79 Å². The first-order valence-corrected chi connectivity index (χ1v) is 16.0. The van der Waals surface area contributed by atoms with Crippen LogP contribution in [0.15, 0.2) is 11.6 Å². The molecule has 2 heterocycles. The lowest BCUT2D eigenvalue weighted by Crippen LogP contribution is -2.53. The van der Waals surface area contributed by atoms with Gasteiger partial charge in [0.05, 0.1) is 19.3 Å². The van der Waals surface area contributed by atoms with Crippen LogP contribution in [0.3, 0.4) is 0 Å². The average molecular weight is 575 g/mol. The highest BCUT2D eigenvalue weighted by Crippen LogP contribution is 2.70. The monoisotopic (exact) mass is 574 g/mol. The molecule has 13 atom stereocenters. The Kier molecular flexibility index (Phi) is 7.24. The van der Waals surface area contributed by atoms with E-state index in [-0.39, 0.29) is 22.7 Å². The first-order valence-electron chi connectivity index (χ1n) is 16.0. The molecule has 41 heavy (non-hydrogen) atoms. The molecule has 0 aromatic carbocycles. The number of aliphatic carboxylic acids is 1. The molecule has 3 saturated carbocycles. The Morgan fingerprint density at radius 3 is 2.56 bits per heavy atom. The van der Waals surface area contributed by atoms with Crippen molar-refractivity contribution >= 4 is 11.9 Å². The largest absolute Gasteiger partial charge is 0.481 e. The zero-order chi connectivity index (χ0) is 29.5. The standard InChI is InChI=1S/C33H50O8/c1-18-8-13-33(39-16-18)19(2)26-25(41-33)15-24-22-7-6-20-14-21(40-28(36)27(35)32(5,17-34)29(37)38)9-11-30(20,3)23(22)10-12-31(24,26)4/h6,18-19,21-27,34-35H,7-17H2,1-5H3,(H,37,38)/t18-,19+,21?,22?,23?,24?,25?,26?,27?,30?,31?,32?,33+/m1/s1. The fourth-order valence-corrected chi connectivity index (χ4v) is 10.5. The summed E-state index contributed by atoms with van der Waals surface area (Å²) < 4.78 is 19.0. The van der Waals surface area contributed by atoms with Crippen molar-refractivity contribution in [3.63, 3.8) is 0 Å². The molecular weight excluding hydrogens is 524 g/mol. The van der Waals surface area contributed by atoms with Crippen molar-refractivity contribution in [3.8, 4) is 0 Å². The minimum absolute atomic E-state index is 0.0560. The molecule has 0 aromatic heterocycles. The number of allylic oxidation sites excluding steroid dienone is 1. The van der Waals surface area contributed by atoms with Gasteiger partial charge in [0.25, 0.3) is 0 Å². The summed E-state index contributed by atoms with van der Waals surface area (Å²) in [5.74, 6) is 0.596. The van der Waals surface area contributed by atoms with Crippen molar-refractivity contribution in [2.45, 2.75) is 117 Å². The Morgan fingerprint density at radius 1 is 1.15 bits per heavy atom. The highest BCUT2D eigenvalue weighted by molar-refractivity contribution is 5.85. The number of hydrogen-bond acceptors (Lipinski definition) is 7. The number of carboxylic acid groups (broad SMARTS) is 1. The lowest BCUT2D eigenvalue weighted by molar-refractivity contribution is -0.272. The van der Waals surface area contributed by atoms with E-state index >= 15 is 0 Å². The summed E-state index contributed by atoms with van der Waals surface area (Å²) in [5, 5.41) is 29.4. The Bertz CT molecular complexity index is 1090. The fourth-order valence-electron chi connectivity index (χ4n) is 10.5. The number of aliphatic hydroxyl groups is 2. The van der Waals surface area contributed by atoms with E-state index < -0.39 is 36.2 Å². The van der Waals surface area contributed by atoms with Crippen LogP contribution in [0.4, 0.5) is 0 Å². The third-order valence-corrected chi connectivity index (χ3v) is 13.3. The number of carbonyl (C=O) groups is 2. The van der Waals surface area contributed by atoms with E-state index in [1.54, 1.807) is 0 Å². The van der Waals surface area contributed by atoms with Crippen LogP contribution in [-0.2, 0) is 23.8 Å². The van der Waals surface area contributed by atoms with Crippen LogP contribution in [0, 0.1) is 51.8 Å². The van der Waals surface area contributed by atoms with E-state index in [2.05, 4.69) is 33.8 Å². The molecular formula is C33H50O8. The van der Waals surface area contributed by atoms with Crippen molar-refractivity contribution < 1.29 is 39.1 Å². The molecule has 6 rings (SSSR count). The molecule has 0 aromatic rings. The van der Waals surface area contributed by atoms with Crippen LogP contribution in [0.5, 0.6) is 0 Å². The maximum atomic E-state index is 12.7. The summed E-state index contributed by atoms with van der Waals surface area (Å²) >= 11 is 0. The lowest BCUT2D eigenvalue weighted by atomic mass is 9.47. The van der Waals surface area contributed by atoms with Crippen LogP contribution < -0.4 is 0 Å². The van der Waals surface area contributed by atoms with Gasteiger partial charge in [-0.15, -0.1) is 0 Å². The zero-order valence-electron chi connectivity index (χ0n) is 25.4. The van der Waals surface area contributed by atoms with Crippen molar-refractivity contribution in [3.05, 3.63) is 11.6 Å². The van der Waals surface area contributed by atoms with E-state index in [9.17, 15) is 24.9 Å². The maximum Gasteiger partial charge on any atom is 0.336 e. The summed E-state index contributed by atoms with van der Waals surface area (Å²) in [6, 6.07) is 0. The van der Waals surface area contributed by atoms with Gasteiger partial charge < -0.3 is 29.5 Å². The van der Waals surface area contributed by atoms with Crippen LogP contribution in [0.2, 0.25) is 0 Å². The van der Waals surface area contributed by atoms with E-state index in [4.69, 9.17) is 14.2 Å². The lowest BCUT2D eigenvalue weighted by Gasteiger charge is -2.58. The molecule has 8 heteroatoms. The number of aliphatic hydroxyl groups excluding tert-OH is 2. The first kappa shape index (κ1) is 29.6. The molecule has 6 aliphatic rings. The fraction of sp³-hybridized carbons (Fsp3) is 0.879. The van der Waals surface area contributed by atoms with Gasteiger partial charge in [-0.05, 0) is 92.3 Å². The van der Waals surface area contributed by atoms with Crippen LogP contribution >= 0.6 is 0 Å². The number of carboxylic acids is 1. The Hall–Kier alpha value is -1.48. The molecule has 1 spiro atoms. The molecule has 5 fully saturated rings. The van der Waals surface area contributed by atoms with Gasteiger partial charge >= 0.3 is 11.9 Å². The quantitative estimate of drug-likeness (QED) is 0.319. The highest BCUT2D eigenvalue weighted by Gasteiger charge is 2.68. The van der Waals surface area contributed by atoms with Gasteiger partial charge in [-0.25, -0.2) is 4.79 Å². The van der Waals surface area contributed by atoms with Crippen molar-refractivity contribution in [1.82, 2.24) is 0 Å². The summed E-state index contributed by atoms with van der Waals surface area (Å²) in [6.45, 7) is 10.7. The summed E-state index contributed by atoms with van der Waals surface area (Å²) in [5.41, 5.74) is -0.333. The topological polar surface area (TPSA) is 123 Å². The average Bonchev–Trinajstić information content (AvgIpc) is 3.39. The number of rotatable bonds is 5. The van der Waals surface area contributed by atoms with Crippen LogP contribution in [0.25, 0.3) is 0 Å². The second kappa shape index (κ2) is 10.0. The van der Waals surface area contributed by atoms with Gasteiger partial charge in [-0.1, -0.05) is 39.3 Å². The van der Waals surface area contributed by atoms with Crippen LogP contribution in [-0.4, -0.2) is 64.6 Å². The van der Waals surface area contributed by atoms with Crippen molar-refractivity contribution in [2.24, 2.45) is 51.8 Å². The van der Waals surface area contributed by atoms with E-state index in [1.807, 2.05) is 0 Å². The summed E-state index contributed by atoms with van der Waals surface area (Å²) in [4.78, 5) is 24.3. The molecule has 2 aliphatic heterocycles. The predicted octanol–water partition coefficient (Wildman–Crippen LogP) is 4.71. The number of fused-ring (bicyclic) bond motifs is 7. The minimum atomic E-state index is -1.99. The SMILES string of the molecule is C[C@@H]1CC[C@]2(OC1)OC1CC3C4CC=C5CC(OC(=O)C(O)C(C)(CO)C(=O)O)CCC5(C)C4CCC3(C)C1[C@@H]2C. The van der Waals surface area contributed by atoms with Gasteiger partial charge in [0.1, 0.15) is 11.5 Å². The van der Waals surface area contributed by atoms with Gasteiger partial charge in [-0.2, -0.15) is 0 Å². The molecule has 0 radical (unpaired) electrons. The van der Waals surface area contributed by atoms with Crippen molar-refractivity contribution in [2.75, 3.05) is 13.2 Å². The maximum absolute atomic E-state index is 12.7. The molecule has 0 amide bonds. The molecule has 10 unspecified atom stereocenters. The van der Waals surface area contributed by atoms with Gasteiger partial charge in [0.2, 0.25) is 0 Å². The first-order chi connectivity index (χ1) is 19.3. The molecule has 0 bridgehead atoms. The van der Waals surface area contributed by atoms with Gasteiger partial charge in [0, 0.05) is 18.8 Å². The molecule has 230 valence electrons. The highest BCUT2D eigenvalue weighted by atomic mass is 16.7. The molecule has 3 N–H and O–H groups in total. The van der Waals surface area contributed by atoms with Crippen LogP contribution in [0.1, 0.15) is 92.4 Å². The molecule has 8 nitrogen and oxygen atoms in total. The second-order valence-electron chi connectivity index (χ2n) is 15.4. The molecule has 4 aliphatic carbocycles. The normalized spacial score (nSPS) is 49.1. The smallest absolute Gasteiger partial charge is 0.336 e. The van der Waals surface area contributed by atoms with Gasteiger partial charge in [0.15, 0.2) is 11.9 Å². The van der Waals surface area contributed by atoms with E-state index in [0.717, 1.165) is 39.2 Å². The number of esters is 1. The zero-order valence-corrected chi connectivity index (χ0v) is 25.4. The number of carbonyl (C=O) groups excluding carboxylic acids is 1. The Labute approximate surface area is 244 Å². The molecule has 2 saturated heterocycles. The number of hydrogen-bond donors (Lipinski definition) is 3. The van der Waals surface area contributed by atoms with Crippen molar-refractivity contribution in [1.29, 1.82) is 0 Å².